The second-order valence-electron chi connectivity index (χ2n) is 0.775. The highest BCUT2D eigenvalue weighted by atomic mass is 79.9. The van der Waals surface area contributed by atoms with E-state index in [1.54, 1.807) is 0 Å². The Balaban J connectivity index is 2.82. The van der Waals surface area contributed by atoms with Crippen LogP contribution in [0, 0.1) is 10.1 Å². The molecule has 0 rings (SSSR count). The van der Waals surface area contributed by atoms with Crippen molar-refractivity contribution < 1.29 is 9.66 Å². The van der Waals surface area contributed by atoms with Gasteiger partial charge in [-0.2, -0.15) is 0 Å². The lowest BCUT2D eigenvalue weighted by Gasteiger charge is -1.87. The van der Waals surface area contributed by atoms with Crippen LogP contribution in [0.15, 0.2) is 0 Å². The van der Waals surface area contributed by atoms with Crippen LogP contribution in [0.1, 0.15) is 0 Å². The van der Waals surface area contributed by atoms with Crippen LogP contribution in [-0.4, -0.2) is 17.2 Å². The molecule has 0 heterocycles. The first-order chi connectivity index (χ1) is 3.27. The van der Waals surface area contributed by atoms with Crippen LogP contribution in [0.3, 0.4) is 0 Å². The van der Waals surface area contributed by atoms with E-state index >= 15 is 0 Å². The second kappa shape index (κ2) is 4.01. The van der Waals surface area contributed by atoms with Crippen molar-refractivity contribution >= 4 is 15.9 Å². The molecule has 0 aliphatic heterocycles. The number of rotatable bonds is 3. The predicted octanol–water partition coefficient (Wildman–Crippen LogP) is 0.590. The zero-order valence-corrected chi connectivity index (χ0v) is 5.05. The van der Waals surface area contributed by atoms with Gasteiger partial charge in [0.2, 0.25) is 0 Å². The van der Waals surface area contributed by atoms with Gasteiger partial charge in [-0.15, -0.1) is 0 Å². The molecule has 0 atom stereocenters. The molecule has 0 amide bonds. The van der Waals surface area contributed by atoms with Crippen LogP contribution in [0.2, 0.25) is 0 Å². The number of ether oxygens (including phenoxy) is 1. The Morgan fingerprint density at radius 2 is 2.43 bits per heavy atom. The molecule has 0 bridgehead atoms. The van der Waals surface area contributed by atoms with E-state index in [1.807, 2.05) is 0 Å². The van der Waals surface area contributed by atoms with Crippen molar-refractivity contribution in [3.8, 4) is 0 Å². The summed E-state index contributed by atoms with van der Waals surface area (Å²) in [5.74, 6) is 0. The molecule has 0 aliphatic carbocycles. The minimum absolute atomic E-state index is 0.216. The third-order valence-electron chi connectivity index (χ3n) is 0.274. The molecule has 0 aromatic heterocycles. The van der Waals surface area contributed by atoms with Crippen LogP contribution < -0.4 is 0 Å². The first kappa shape index (κ1) is 6.84. The number of hydrogen-bond acceptors (Lipinski definition) is 3. The Kier molecular flexibility index (Phi) is 3.92. The van der Waals surface area contributed by atoms with E-state index in [9.17, 15) is 10.1 Å². The SMILES string of the molecule is O=[N+]([O-])COCBr. The van der Waals surface area contributed by atoms with E-state index in [2.05, 4.69) is 20.7 Å². The summed E-state index contributed by atoms with van der Waals surface area (Å²) < 4.78 is 4.31. The molecule has 7 heavy (non-hydrogen) atoms. The standard InChI is InChI=1S/C2H4BrNO3/c3-1-7-2-4(5)6/h1-2H2. The largest absolute Gasteiger partial charge is 0.308 e. The number of hydrogen-bond donors (Lipinski definition) is 0. The Morgan fingerprint density at radius 3 is 2.57 bits per heavy atom. The van der Waals surface area contributed by atoms with E-state index in [4.69, 9.17) is 0 Å². The van der Waals surface area contributed by atoms with Gasteiger partial charge in [-0.25, -0.2) is 0 Å². The highest BCUT2D eigenvalue weighted by Crippen LogP contribution is 1.80. The van der Waals surface area contributed by atoms with Gasteiger partial charge in [-0.05, 0) is 0 Å². The first-order valence-electron chi connectivity index (χ1n) is 1.53. The Labute approximate surface area is 48.7 Å². The van der Waals surface area contributed by atoms with E-state index < -0.39 is 11.7 Å². The van der Waals surface area contributed by atoms with Gasteiger partial charge in [-0.3, -0.25) is 10.1 Å². The van der Waals surface area contributed by atoms with Gasteiger partial charge in [0.25, 0.3) is 0 Å². The fraction of sp³-hybridized carbons (Fsp3) is 1.00. The fourth-order valence-electron chi connectivity index (χ4n) is 0.109. The summed E-state index contributed by atoms with van der Waals surface area (Å²) in [5.41, 5.74) is 0.216. The summed E-state index contributed by atoms with van der Waals surface area (Å²) in [5, 5.41) is 9.42. The Hall–Kier alpha value is -0.160. The molecule has 0 aliphatic rings. The Bertz CT molecular complexity index is 66.0. The molecular formula is C2H4BrNO3. The minimum Gasteiger partial charge on any atom is -0.308 e. The molecule has 0 N–H and O–H groups in total. The summed E-state index contributed by atoms with van der Waals surface area (Å²) in [4.78, 5) is 8.88. The van der Waals surface area contributed by atoms with Crippen LogP contribution in [0.25, 0.3) is 0 Å². The Morgan fingerprint density at radius 1 is 1.86 bits per heavy atom. The molecule has 4 nitrogen and oxygen atoms in total. The van der Waals surface area contributed by atoms with Gasteiger partial charge in [0.1, 0.15) is 5.52 Å². The maximum Gasteiger partial charge on any atom is 0.306 e. The summed E-state index contributed by atoms with van der Waals surface area (Å²) in [6, 6.07) is 0. The second-order valence-corrected chi connectivity index (χ2v) is 1.23. The molecule has 0 saturated carbocycles. The van der Waals surface area contributed by atoms with Crippen LogP contribution >= 0.6 is 15.9 Å². The van der Waals surface area contributed by atoms with Gasteiger partial charge < -0.3 is 4.74 Å². The first-order valence-corrected chi connectivity index (χ1v) is 2.65. The highest BCUT2D eigenvalue weighted by molar-refractivity contribution is 9.09. The lowest BCUT2D eigenvalue weighted by molar-refractivity contribution is -0.524. The maximum absolute atomic E-state index is 9.42. The van der Waals surface area contributed by atoms with E-state index in [0.29, 0.717) is 0 Å². The molecule has 0 spiro atoms. The van der Waals surface area contributed by atoms with E-state index in [1.165, 1.54) is 0 Å². The summed E-state index contributed by atoms with van der Waals surface area (Å²) >= 11 is 2.85. The topological polar surface area (TPSA) is 52.4 Å². The predicted molar refractivity (Wildman–Crippen MR) is 26.7 cm³/mol. The number of halogens is 1. The number of alkyl halides is 1. The molecule has 0 radical (unpaired) electrons. The number of nitrogens with zero attached hydrogens (tertiary/aromatic N) is 1. The van der Waals surface area contributed by atoms with Crippen molar-refractivity contribution in [2.24, 2.45) is 0 Å². The molecule has 0 fully saturated rings. The number of nitro groups is 1. The van der Waals surface area contributed by atoms with E-state index in [0.717, 1.165) is 0 Å². The monoisotopic (exact) mass is 169 g/mol. The maximum atomic E-state index is 9.42. The van der Waals surface area contributed by atoms with Crippen LogP contribution in [-0.2, 0) is 4.74 Å². The van der Waals surface area contributed by atoms with Crippen molar-refractivity contribution in [2.75, 3.05) is 12.2 Å². The van der Waals surface area contributed by atoms with Gasteiger partial charge in [-0.1, -0.05) is 15.9 Å². The average molecular weight is 170 g/mol. The zero-order chi connectivity index (χ0) is 5.70. The van der Waals surface area contributed by atoms with Crippen molar-refractivity contribution in [1.82, 2.24) is 0 Å². The third-order valence-corrected chi connectivity index (χ3v) is 0.598. The quantitative estimate of drug-likeness (QED) is 0.269. The van der Waals surface area contributed by atoms with Gasteiger partial charge in [0, 0.05) is 4.92 Å². The normalized spacial score (nSPS) is 8.71. The van der Waals surface area contributed by atoms with Crippen molar-refractivity contribution in [1.29, 1.82) is 0 Å². The summed E-state index contributed by atoms with van der Waals surface area (Å²) in [6.45, 7) is -0.425. The third kappa shape index (κ3) is 5.84. The molecule has 5 heteroatoms. The van der Waals surface area contributed by atoms with Gasteiger partial charge >= 0.3 is 6.73 Å². The van der Waals surface area contributed by atoms with E-state index in [-0.39, 0.29) is 5.52 Å². The molecule has 0 aromatic carbocycles. The molecule has 0 aromatic rings. The summed E-state index contributed by atoms with van der Waals surface area (Å²) in [6.07, 6.45) is 0. The molecular weight excluding hydrogens is 166 g/mol. The lowest BCUT2D eigenvalue weighted by atomic mass is 11.3. The highest BCUT2D eigenvalue weighted by Gasteiger charge is 1.89. The smallest absolute Gasteiger partial charge is 0.306 e. The lowest BCUT2D eigenvalue weighted by Crippen LogP contribution is -2.03. The molecule has 0 unspecified atom stereocenters. The zero-order valence-electron chi connectivity index (χ0n) is 3.46. The minimum atomic E-state index is -0.540. The van der Waals surface area contributed by atoms with Crippen molar-refractivity contribution in [3.63, 3.8) is 0 Å². The van der Waals surface area contributed by atoms with Crippen LogP contribution in [0.5, 0.6) is 0 Å². The fourth-order valence-corrected chi connectivity index (χ4v) is 0.254. The van der Waals surface area contributed by atoms with Crippen LogP contribution in [0.4, 0.5) is 0 Å². The van der Waals surface area contributed by atoms with Gasteiger partial charge in [0.15, 0.2) is 0 Å². The molecule has 0 saturated heterocycles. The summed E-state index contributed by atoms with van der Waals surface area (Å²) in [7, 11) is 0. The molecule has 42 valence electrons. The van der Waals surface area contributed by atoms with Crippen molar-refractivity contribution in [3.05, 3.63) is 10.1 Å². The van der Waals surface area contributed by atoms with Gasteiger partial charge in [0.05, 0.1) is 0 Å². The van der Waals surface area contributed by atoms with Crippen molar-refractivity contribution in [2.45, 2.75) is 0 Å². The average Bonchev–Trinajstić information content (AvgIpc) is 1.61.